The Labute approximate surface area is 355 Å². The zero-order valence-electron chi connectivity index (χ0n) is 33.2. The van der Waals surface area contributed by atoms with Crippen molar-refractivity contribution in [2.45, 2.75) is 0 Å². The fraction of sp³-hybridized carbons (Fsp3) is 0. The molecule has 13 rings (SSSR count). The molecule has 3 heterocycles. The van der Waals surface area contributed by atoms with Gasteiger partial charge in [0.25, 0.3) is 0 Å². The Morgan fingerprint density at radius 3 is 1.13 bits per heavy atom. The molecule has 0 spiro atoms. The molecule has 0 aliphatic rings. The second kappa shape index (κ2) is 13.6. The van der Waals surface area contributed by atoms with Gasteiger partial charge >= 0.3 is 0 Å². The minimum atomic E-state index is 0.513. The van der Waals surface area contributed by atoms with Crippen molar-refractivity contribution in [3.8, 4) is 56.4 Å². The molecule has 0 aliphatic heterocycles. The third kappa shape index (κ3) is 5.18. The largest absolute Gasteiger partial charge is 0.455 e. The average molecular weight is 792 g/mol. The summed E-state index contributed by atoms with van der Waals surface area (Å²) in [5.41, 5.74) is 10.1. The molecule has 288 valence electrons. The number of aromatic nitrogens is 3. The van der Waals surface area contributed by atoms with Gasteiger partial charge in [0.05, 0.1) is 11.1 Å². The molecular formula is C57H33N3O2. The Kier molecular flexibility index (Phi) is 7.54. The molecule has 3 aromatic heterocycles. The zero-order chi connectivity index (χ0) is 40.7. The summed E-state index contributed by atoms with van der Waals surface area (Å²) in [5, 5.41) is 11.2. The van der Waals surface area contributed by atoms with E-state index in [1.165, 1.54) is 32.7 Å². The Balaban J connectivity index is 1.10. The van der Waals surface area contributed by atoms with Gasteiger partial charge in [-0.2, -0.15) is 0 Å². The van der Waals surface area contributed by atoms with Crippen LogP contribution in [0.2, 0.25) is 0 Å². The zero-order valence-corrected chi connectivity index (χ0v) is 33.2. The maximum atomic E-state index is 6.58. The fourth-order valence-electron chi connectivity index (χ4n) is 9.63. The van der Waals surface area contributed by atoms with Gasteiger partial charge in [-0.3, -0.25) is 0 Å². The third-order valence-electron chi connectivity index (χ3n) is 12.4. The normalized spacial score (nSPS) is 11.9. The molecule has 0 saturated carbocycles. The first-order valence-electron chi connectivity index (χ1n) is 20.9. The van der Waals surface area contributed by atoms with E-state index in [0.717, 1.165) is 82.5 Å². The lowest BCUT2D eigenvalue weighted by atomic mass is 9.83. The van der Waals surface area contributed by atoms with Crippen LogP contribution in [0.25, 0.3) is 133 Å². The summed E-state index contributed by atoms with van der Waals surface area (Å²) in [6, 6.07) is 69.9. The maximum Gasteiger partial charge on any atom is 0.167 e. The second-order valence-electron chi connectivity index (χ2n) is 15.8. The van der Waals surface area contributed by atoms with Gasteiger partial charge in [-0.05, 0) is 78.8 Å². The molecule has 5 heteroatoms. The van der Waals surface area contributed by atoms with Crippen molar-refractivity contribution < 1.29 is 8.83 Å². The molecule has 0 bridgehead atoms. The number of furan rings is 2. The van der Waals surface area contributed by atoms with Gasteiger partial charge in [-0.15, -0.1) is 0 Å². The molecule has 0 fully saturated rings. The van der Waals surface area contributed by atoms with E-state index in [1.807, 2.05) is 60.7 Å². The highest BCUT2D eigenvalue weighted by atomic mass is 16.3. The minimum Gasteiger partial charge on any atom is -0.455 e. The van der Waals surface area contributed by atoms with Gasteiger partial charge in [0.1, 0.15) is 22.3 Å². The molecule has 62 heavy (non-hydrogen) atoms. The first-order chi connectivity index (χ1) is 30.8. The monoisotopic (exact) mass is 791 g/mol. The number of fused-ring (bicyclic) bond motifs is 9. The molecule has 13 aromatic rings. The molecule has 10 aromatic carbocycles. The lowest BCUT2D eigenvalue weighted by Gasteiger charge is -2.20. The van der Waals surface area contributed by atoms with Crippen molar-refractivity contribution in [2.24, 2.45) is 0 Å². The molecule has 0 radical (unpaired) electrons. The van der Waals surface area contributed by atoms with Crippen molar-refractivity contribution in [3.05, 3.63) is 200 Å². The van der Waals surface area contributed by atoms with Crippen LogP contribution in [0.4, 0.5) is 0 Å². The minimum absolute atomic E-state index is 0.513. The number of benzene rings is 10. The Morgan fingerprint density at radius 2 is 0.581 bits per heavy atom. The van der Waals surface area contributed by atoms with Crippen LogP contribution in [0.1, 0.15) is 0 Å². The topological polar surface area (TPSA) is 65.0 Å². The Hall–Kier alpha value is -8.41. The van der Waals surface area contributed by atoms with E-state index in [2.05, 4.69) is 140 Å². The highest BCUT2D eigenvalue weighted by molar-refractivity contribution is 6.24. The van der Waals surface area contributed by atoms with Crippen LogP contribution in [0.15, 0.2) is 209 Å². The summed E-state index contributed by atoms with van der Waals surface area (Å²) < 4.78 is 13.2. The summed E-state index contributed by atoms with van der Waals surface area (Å²) in [7, 11) is 0. The first kappa shape index (κ1) is 34.5. The molecule has 5 nitrogen and oxygen atoms in total. The number of para-hydroxylation sites is 4. The molecule has 0 saturated heterocycles. The lowest BCUT2D eigenvalue weighted by Crippen LogP contribution is -2.02. The number of nitrogens with zero attached hydrogens (tertiary/aromatic N) is 3. The lowest BCUT2D eigenvalue weighted by molar-refractivity contribution is 0.669. The van der Waals surface area contributed by atoms with E-state index in [0.29, 0.717) is 17.5 Å². The second-order valence-corrected chi connectivity index (χ2v) is 15.8. The van der Waals surface area contributed by atoms with Gasteiger partial charge in [-0.1, -0.05) is 176 Å². The summed E-state index contributed by atoms with van der Waals surface area (Å²) >= 11 is 0. The van der Waals surface area contributed by atoms with Crippen LogP contribution in [-0.4, -0.2) is 15.0 Å². The first-order valence-corrected chi connectivity index (χ1v) is 20.9. The van der Waals surface area contributed by atoms with Crippen LogP contribution in [0.5, 0.6) is 0 Å². The summed E-state index contributed by atoms with van der Waals surface area (Å²) in [5.74, 6) is 1.57. The highest BCUT2D eigenvalue weighted by Crippen LogP contribution is 2.47. The van der Waals surface area contributed by atoms with Crippen molar-refractivity contribution >= 4 is 76.2 Å². The predicted molar refractivity (Wildman–Crippen MR) is 254 cm³/mol. The standard InChI is InChI=1S/C57H33N3O2/c1-2-18-35-34(16-1)17-13-27-38(35)51-39-21-3-5-23-41(39)52(42-24-6-4-22-40(42)51)43-25-7-8-26-46(43)55-58-56(47-30-14-28-44-36-19-9-11-32-49(36)61-53(44)47)60-57(59-55)48-31-15-29-45-37-20-10-12-33-50(37)62-54(45)48/h1-33H. The van der Waals surface area contributed by atoms with Crippen LogP contribution >= 0.6 is 0 Å². The summed E-state index contributed by atoms with van der Waals surface area (Å²) in [6.45, 7) is 0. The van der Waals surface area contributed by atoms with Crippen molar-refractivity contribution in [1.29, 1.82) is 0 Å². The van der Waals surface area contributed by atoms with E-state index >= 15 is 0 Å². The van der Waals surface area contributed by atoms with Crippen LogP contribution in [0.3, 0.4) is 0 Å². The Morgan fingerprint density at radius 1 is 0.242 bits per heavy atom. The average Bonchev–Trinajstić information content (AvgIpc) is 3.92. The van der Waals surface area contributed by atoms with Gasteiger partial charge in [0, 0.05) is 27.1 Å². The van der Waals surface area contributed by atoms with E-state index in [-0.39, 0.29) is 0 Å². The fourth-order valence-corrected chi connectivity index (χ4v) is 9.63. The summed E-state index contributed by atoms with van der Waals surface area (Å²) in [4.78, 5) is 16.0. The molecule has 0 amide bonds. The van der Waals surface area contributed by atoms with Crippen molar-refractivity contribution in [3.63, 3.8) is 0 Å². The van der Waals surface area contributed by atoms with Gasteiger partial charge in [0.15, 0.2) is 17.5 Å². The van der Waals surface area contributed by atoms with Gasteiger partial charge < -0.3 is 8.83 Å². The number of rotatable bonds is 5. The molecular weight excluding hydrogens is 759 g/mol. The van der Waals surface area contributed by atoms with Gasteiger partial charge in [0.2, 0.25) is 0 Å². The van der Waals surface area contributed by atoms with Crippen LogP contribution in [-0.2, 0) is 0 Å². The highest BCUT2D eigenvalue weighted by Gasteiger charge is 2.24. The molecule has 0 aliphatic carbocycles. The smallest absolute Gasteiger partial charge is 0.167 e. The molecule has 0 N–H and O–H groups in total. The van der Waals surface area contributed by atoms with Crippen LogP contribution in [0, 0.1) is 0 Å². The quantitative estimate of drug-likeness (QED) is 0.162. The van der Waals surface area contributed by atoms with Crippen molar-refractivity contribution in [1.82, 2.24) is 15.0 Å². The predicted octanol–water partition coefficient (Wildman–Crippen LogP) is 15.5. The SMILES string of the molecule is c1ccc(-c2c3ccccc3c(-c3cccc4ccccc34)c3ccccc23)c(-c2nc(-c3cccc4c3oc3ccccc34)nc(-c3cccc4c3oc3ccccc34)n2)c1. The molecule has 0 atom stereocenters. The van der Waals surface area contributed by atoms with E-state index in [4.69, 9.17) is 23.8 Å². The van der Waals surface area contributed by atoms with E-state index in [9.17, 15) is 0 Å². The Bertz CT molecular complexity index is 3760. The summed E-state index contributed by atoms with van der Waals surface area (Å²) in [6.07, 6.45) is 0. The van der Waals surface area contributed by atoms with E-state index < -0.39 is 0 Å². The number of hydrogen-bond acceptors (Lipinski definition) is 5. The number of hydrogen-bond donors (Lipinski definition) is 0. The van der Waals surface area contributed by atoms with Crippen molar-refractivity contribution in [2.75, 3.05) is 0 Å². The van der Waals surface area contributed by atoms with Crippen LogP contribution < -0.4 is 0 Å². The maximum absolute atomic E-state index is 6.58. The van der Waals surface area contributed by atoms with E-state index in [1.54, 1.807) is 0 Å². The molecule has 0 unspecified atom stereocenters. The third-order valence-corrected chi connectivity index (χ3v) is 12.4. The van der Waals surface area contributed by atoms with Gasteiger partial charge in [-0.25, -0.2) is 15.0 Å².